The molecule has 0 spiro atoms. The first-order chi connectivity index (χ1) is 10.3. The highest BCUT2D eigenvalue weighted by molar-refractivity contribution is 6.07. The topological polar surface area (TPSA) is 79.8 Å². The molecule has 0 atom stereocenters. The lowest BCUT2D eigenvalue weighted by Crippen LogP contribution is -2.14. The number of pyridine rings is 1. The van der Waals surface area contributed by atoms with Crippen LogP contribution in [0.25, 0.3) is 10.8 Å². The molecule has 0 aliphatic carbocycles. The normalized spacial score (nSPS) is 10.3. The molecule has 1 aromatic carbocycles. The Kier molecular flexibility index (Phi) is 3.42. The molecule has 2 heterocycles. The number of fused-ring (bicyclic) bond motifs is 1. The molecular formula is C15H13N5O. The SMILES string of the molecule is CNc1cnc(C(=O)Nc2cccc3ccncc23)cn1. The summed E-state index contributed by atoms with van der Waals surface area (Å²) in [4.78, 5) is 24.4. The molecule has 0 unspecified atom stereocenters. The van der Waals surface area contributed by atoms with Gasteiger partial charge in [-0.3, -0.25) is 9.78 Å². The highest BCUT2D eigenvalue weighted by atomic mass is 16.1. The van der Waals surface area contributed by atoms with E-state index in [1.165, 1.54) is 12.4 Å². The van der Waals surface area contributed by atoms with E-state index in [1.54, 1.807) is 19.4 Å². The Balaban J connectivity index is 1.89. The highest BCUT2D eigenvalue weighted by Gasteiger charge is 2.10. The van der Waals surface area contributed by atoms with E-state index < -0.39 is 0 Å². The van der Waals surface area contributed by atoms with Crippen molar-refractivity contribution in [2.24, 2.45) is 0 Å². The number of hydrogen-bond donors (Lipinski definition) is 2. The van der Waals surface area contributed by atoms with Gasteiger partial charge in [-0.2, -0.15) is 0 Å². The fraction of sp³-hybridized carbons (Fsp3) is 0.0667. The summed E-state index contributed by atoms with van der Waals surface area (Å²) < 4.78 is 0. The summed E-state index contributed by atoms with van der Waals surface area (Å²) >= 11 is 0. The average molecular weight is 279 g/mol. The van der Waals surface area contributed by atoms with E-state index in [4.69, 9.17) is 0 Å². The van der Waals surface area contributed by atoms with Crippen LogP contribution in [0.2, 0.25) is 0 Å². The minimum absolute atomic E-state index is 0.259. The number of benzene rings is 1. The molecule has 1 amide bonds. The smallest absolute Gasteiger partial charge is 0.275 e. The monoisotopic (exact) mass is 279 g/mol. The van der Waals surface area contributed by atoms with Crippen molar-refractivity contribution in [3.8, 4) is 0 Å². The highest BCUT2D eigenvalue weighted by Crippen LogP contribution is 2.22. The first kappa shape index (κ1) is 13.0. The number of carbonyl (C=O) groups excluding carboxylic acids is 1. The van der Waals surface area contributed by atoms with Gasteiger partial charge in [0.25, 0.3) is 5.91 Å². The van der Waals surface area contributed by atoms with Gasteiger partial charge in [0, 0.05) is 24.8 Å². The molecule has 2 aromatic heterocycles. The fourth-order valence-electron chi connectivity index (χ4n) is 1.98. The van der Waals surface area contributed by atoms with E-state index in [0.29, 0.717) is 11.5 Å². The van der Waals surface area contributed by atoms with Crippen LogP contribution in [0.4, 0.5) is 11.5 Å². The number of nitrogens with one attached hydrogen (secondary N) is 2. The van der Waals surface area contributed by atoms with Crippen molar-refractivity contribution in [1.29, 1.82) is 0 Å². The molecule has 0 fully saturated rings. The molecule has 0 saturated carbocycles. The van der Waals surface area contributed by atoms with Gasteiger partial charge < -0.3 is 10.6 Å². The van der Waals surface area contributed by atoms with Crippen molar-refractivity contribution in [3.05, 3.63) is 54.7 Å². The van der Waals surface area contributed by atoms with E-state index in [2.05, 4.69) is 25.6 Å². The fourth-order valence-corrected chi connectivity index (χ4v) is 1.98. The number of hydrogen-bond acceptors (Lipinski definition) is 5. The Labute approximate surface area is 121 Å². The maximum atomic E-state index is 12.2. The molecule has 0 saturated heterocycles. The van der Waals surface area contributed by atoms with Crippen LogP contribution in [0, 0.1) is 0 Å². The largest absolute Gasteiger partial charge is 0.372 e. The molecule has 0 aliphatic rings. The molecule has 0 bridgehead atoms. The third kappa shape index (κ3) is 2.64. The van der Waals surface area contributed by atoms with Gasteiger partial charge in [0.15, 0.2) is 0 Å². The molecule has 2 N–H and O–H groups in total. The van der Waals surface area contributed by atoms with Gasteiger partial charge in [-0.1, -0.05) is 12.1 Å². The van der Waals surface area contributed by atoms with Gasteiger partial charge >= 0.3 is 0 Å². The van der Waals surface area contributed by atoms with Gasteiger partial charge in [0.05, 0.1) is 18.1 Å². The molecule has 3 aromatic rings. The lowest BCUT2D eigenvalue weighted by Gasteiger charge is -2.08. The number of aromatic nitrogens is 3. The zero-order valence-electron chi connectivity index (χ0n) is 11.4. The predicted octanol–water partition coefficient (Wildman–Crippen LogP) is 2.32. The van der Waals surface area contributed by atoms with Crippen molar-refractivity contribution < 1.29 is 4.79 Å². The summed E-state index contributed by atoms with van der Waals surface area (Å²) in [5.41, 5.74) is 0.958. The van der Waals surface area contributed by atoms with Gasteiger partial charge in [0.1, 0.15) is 11.5 Å². The van der Waals surface area contributed by atoms with E-state index >= 15 is 0 Å². The second-order valence-electron chi connectivity index (χ2n) is 4.39. The zero-order chi connectivity index (χ0) is 14.7. The minimum atomic E-state index is -0.304. The van der Waals surface area contributed by atoms with Crippen LogP contribution >= 0.6 is 0 Å². The third-order valence-corrected chi connectivity index (χ3v) is 3.07. The second-order valence-corrected chi connectivity index (χ2v) is 4.39. The number of rotatable bonds is 3. The Morgan fingerprint density at radius 3 is 2.76 bits per heavy atom. The maximum absolute atomic E-state index is 12.2. The van der Waals surface area contributed by atoms with Crippen LogP contribution in [0.15, 0.2) is 49.1 Å². The van der Waals surface area contributed by atoms with Crippen molar-refractivity contribution in [1.82, 2.24) is 15.0 Å². The maximum Gasteiger partial charge on any atom is 0.275 e. The lowest BCUT2D eigenvalue weighted by molar-refractivity contribution is 0.102. The van der Waals surface area contributed by atoms with E-state index in [1.807, 2.05) is 24.3 Å². The molecule has 3 rings (SSSR count). The Hall–Kier alpha value is -3.02. The van der Waals surface area contributed by atoms with Crippen molar-refractivity contribution >= 4 is 28.2 Å². The van der Waals surface area contributed by atoms with Crippen LogP contribution < -0.4 is 10.6 Å². The molecule has 6 nitrogen and oxygen atoms in total. The van der Waals surface area contributed by atoms with Crippen LogP contribution in [-0.4, -0.2) is 27.9 Å². The van der Waals surface area contributed by atoms with E-state index in [0.717, 1.165) is 10.8 Å². The Bertz CT molecular complexity index is 780. The number of anilines is 2. The predicted molar refractivity (Wildman–Crippen MR) is 81.3 cm³/mol. The summed E-state index contributed by atoms with van der Waals surface area (Å²) in [5.74, 6) is 0.308. The third-order valence-electron chi connectivity index (χ3n) is 3.07. The average Bonchev–Trinajstić information content (AvgIpc) is 2.55. The van der Waals surface area contributed by atoms with Gasteiger partial charge in [0.2, 0.25) is 0 Å². The summed E-state index contributed by atoms with van der Waals surface area (Å²) in [6.07, 6.45) is 6.39. The molecule has 6 heteroatoms. The minimum Gasteiger partial charge on any atom is -0.372 e. The summed E-state index contributed by atoms with van der Waals surface area (Å²) in [6, 6.07) is 7.58. The van der Waals surface area contributed by atoms with Gasteiger partial charge in [-0.25, -0.2) is 9.97 Å². The molecule has 21 heavy (non-hydrogen) atoms. The van der Waals surface area contributed by atoms with Crippen LogP contribution in [0.1, 0.15) is 10.5 Å². The second kappa shape index (κ2) is 5.54. The summed E-state index contributed by atoms with van der Waals surface area (Å²) in [7, 11) is 1.74. The van der Waals surface area contributed by atoms with Crippen LogP contribution in [0.3, 0.4) is 0 Å². The molecular weight excluding hydrogens is 266 g/mol. The van der Waals surface area contributed by atoms with Crippen molar-refractivity contribution in [2.75, 3.05) is 17.7 Å². The van der Waals surface area contributed by atoms with E-state index in [9.17, 15) is 4.79 Å². The number of carbonyl (C=O) groups is 1. The lowest BCUT2D eigenvalue weighted by atomic mass is 10.1. The summed E-state index contributed by atoms with van der Waals surface area (Å²) in [6.45, 7) is 0. The molecule has 0 aliphatic heterocycles. The first-order valence-corrected chi connectivity index (χ1v) is 6.42. The van der Waals surface area contributed by atoms with Crippen molar-refractivity contribution in [3.63, 3.8) is 0 Å². The Morgan fingerprint density at radius 2 is 2.00 bits per heavy atom. The molecule has 104 valence electrons. The van der Waals surface area contributed by atoms with Crippen molar-refractivity contribution in [2.45, 2.75) is 0 Å². The van der Waals surface area contributed by atoms with Gasteiger partial charge in [-0.15, -0.1) is 0 Å². The first-order valence-electron chi connectivity index (χ1n) is 6.42. The standard InChI is InChI=1S/C15H13N5O/c1-16-14-9-18-13(8-19-14)15(21)20-12-4-2-3-10-5-6-17-7-11(10)12/h2-9H,1H3,(H,16,19)(H,20,21). The van der Waals surface area contributed by atoms with Crippen LogP contribution in [-0.2, 0) is 0 Å². The zero-order valence-corrected chi connectivity index (χ0v) is 11.4. The number of nitrogens with zero attached hydrogens (tertiary/aromatic N) is 3. The molecule has 0 radical (unpaired) electrons. The summed E-state index contributed by atoms with van der Waals surface area (Å²) in [5, 5.41) is 7.59. The van der Waals surface area contributed by atoms with Crippen LogP contribution in [0.5, 0.6) is 0 Å². The number of amides is 1. The van der Waals surface area contributed by atoms with E-state index in [-0.39, 0.29) is 11.6 Å². The van der Waals surface area contributed by atoms with Gasteiger partial charge in [-0.05, 0) is 17.5 Å². The Morgan fingerprint density at radius 1 is 1.10 bits per heavy atom. The quantitative estimate of drug-likeness (QED) is 0.769.